The van der Waals surface area contributed by atoms with Crippen LogP contribution in [0.2, 0.25) is 0 Å². The first-order chi connectivity index (χ1) is 6.73. The van der Waals surface area contributed by atoms with Crippen LogP contribution >= 0.6 is 0 Å². The lowest BCUT2D eigenvalue weighted by atomic mass is 10.1. The zero-order valence-electron chi connectivity index (χ0n) is 9.52. The Bertz CT molecular complexity index is 248. The number of hydrogen-bond acceptors (Lipinski definition) is 4. The van der Waals surface area contributed by atoms with Gasteiger partial charge in [0.1, 0.15) is 18.2 Å². The largest absolute Gasteiger partial charge is 0.622 e. The maximum absolute atomic E-state index is 12.0. The molecule has 0 spiro atoms. The number of piperidine rings is 1. The van der Waals surface area contributed by atoms with Crippen LogP contribution < -0.4 is 0 Å². The van der Waals surface area contributed by atoms with E-state index in [0.29, 0.717) is 12.8 Å². The summed E-state index contributed by atoms with van der Waals surface area (Å²) in [5.74, 6) is 0. The molecule has 1 rings (SSSR count). The Balaban J connectivity index is 2.64. The summed E-state index contributed by atoms with van der Waals surface area (Å²) in [7, 11) is 0. The molecule has 2 unspecified atom stereocenters. The first-order valence-corrected chi connectivity index (χ1v) is 5.23. The zero-order chi connectivity index (χ0) is 11.7. The van der Waals surface area contributed by atoms with E-state index in [2.05, 4.69) is 0 Å². The number of hydroxylamine groups is 3. The summed E-state index contributed by atoms with van der Waals surface area (Å²) in [6.45, 7) is 5.27. The number of aliphatic hydroxyl groups excluding tert-OH is 1. The van der Waals surface area contributed by atoms with E-state index in [1.54, 1.807) is 20.8 Å². The molecule has 0 bridgehead atoms. The highest BCUT2D eigenvalue weighted by Crippen LogP contribution is 2.22. The first kappa shape index (κ1) is 12.4. The summed E-state index contributed by atoms with van der Waals surface area (Å²) < 4.78 is 3.98. The maximum atomic E-state index is 12.0. The number of carbonyl (C=O) groups excluding carboxylic acids is 1. The number of hydrogen-bond donors (Lipinski definition) is 1. The smallest absolute Gasteiger partial charge is 0.516 e. The average Bonchev–Trinajstić information content (AvgIpc) is 2.00. The first-order valence-electron chi connectivity index (χ1n) is 5.23. The molecule has 15 heavy (non-hydrogen) atoms. The van der Waals surface area contributed by atoms with Gasteiger partial charge in [0.25, 0.3) is 0 Å². The van der Waals surface area contributed by atoms with Crippen molar-refractivity contribution in [3.05, 3.63) is 5.21 Å². The molecule has 1 fully saturated rings. The lowest BCUT2D eigenvalue weighted by Crippen LogP contribution is -2.56. The molecule has 1 N–H and O–H groups in total. The topological polar surface area (TPSA) is 69.6 Å². The molecule has 2 atom stereocenters. The van der Waals surface area contributed by atoms with Crippen LogP contribution in [-0.2, 0) is 4.74 Å². The second-order valence-corrected chi connectivity index (χ2v) is 5.07. The average molecular weight is 217 g/mol. The minimum atomic E-state index is -1.06. The predicted octanol–water partition coefficient (Wildman–Crippen LogP) is 1.39. The Morgan fingerprint density at radius 1 is 1.53 bits per heavy atom. The van der Waals surface area contributed by atoms with Gasteiger partial charge in [0.15, 0.2) is 0 Å². The van der Waals surface area contributed by atoms with Gasteiger partial charge in [-0.2, -0.15) is 4.79 Å². The highest BCUT2D eigenvalue weighted by Gasteiger charge is 2.37. The van der Waals surface area contributed by atoms with Gasteiger partial charge in [-0.3, -0.25) is 4.65 Å². The standard InChI is InChI=1S/C10H19NO4/c1-10(2,3)15-9(13)11(14)6-4-5-8(12)7-11/h8,12H,4-7H2,1-3H3. The number of aliphatic hydroxyl groups is 1. The van der Waals surface area contributed by atoms with Gasteiger partial charge in [-0.15, -0.1) is 0 Å². The monoisotopic (exact) mass is 217 g/mol. The summed E-state index contributed by atoms with van der Waals surface area (Å²) in [6, 6.07) is 0. The van der Waals surface area contributed by atoms with Crippen LogP contribution in [0, 0.1) is 5.21 Å². The van der Waals surface area contributed by atoms with Crippen molar-refractivity contribution in [3.63, 3.8) is 0 Å². The number of likely N-dealkylation sites (tertiary alicyclic amines) is 1. The molecule has 0 aromatic rings. The Labute approximate surface area is 89.8 Å². The molecule has 1 saturated heterocycles. The van der Waals surface area contributed by atoms with Gasteiger partial charge >= 0.3 is 6.09 Å². The Morgan fingerprint density at radius 2 is 2.13 bits per heavy atom. The molecular formula is C10H19NO4. The van der Waals surface area contributed by atoms with Crippen LogP contribution in [-0.4, -0.2) is 40.6 Å². The SMILES string of the molecule is CC(C)(C)OC(=O)[N+]1([O-])CCCC(O)C1. The van der Waals surface area contributed by atoms with Crippen LogP contribution in [0.4, 0.5) is 4.79 Å². The summed E-state index contributed by atoms with van der Waals surface area (Å²) in [6.07, 6.45) is -0.334. The second-order valence-electron chi connectivity index (χ2n) is 5.07. The third-order valence-electron chi connectivity index (χ3n) is 2.29. The van der Waals surface area contributed by atoms with Gasteiger partial charge in [-0.05, 0) is 27.2 Å². The quantitative estimate of drug-likeness (QED) is 0.491. The van der Waals surface area contributed by atoms with E-state index in [4.69, 9.17) is 4.74 Å². The Hall–Kier alpha value is -0.650. The number of amides is 1. The van der Waals surface area contributed by atoms with E-state index >= 15 is 0 Å². The van der Waals surface area contributed by atoms with Crippen molar-refractivity contribution in [3.8, 4) is 0 Å². The zero-order valence-corrected chi connectivity index (χ0v) is 9.52. The minimum absolute atomic E-state index is 0.0884. The molecule has 0 aliphatic carbocycles. The maximum Gasteiger partial charge on any atom is 0.516 e. The third-order valence-corrected chi connectivity index (χ3v) is 2.29. The van der Waals surface area contributed by atoms with Crippen LogP contribution in [0.15, 0.2) is 0 Å². The molecule has 0 aromatic carbocycles. The van der Waals surface area contributed by atoms with Crippen LogP contribution in [0.25, 0.3) is 0 Å². The van der Waals surface area contributed by atoms with Crippen LogP contribution in [0.5, 0.6) is 0 Å². The van der Waals surface area contributed by atoms with Gasteiger partial charge in [0.05, 0.1) is 6.54 Å². The Kier molecular flexibility index (Phi) is 3.38. The molecule has 1 heterocycles. The predicted molar refractivity (Wildman–Crippen MR) is 54.8 cm³/mol. The number of quaternary nitrogens is 1. The molecule has 5 nitrogen and oxygen atoms in total. The number of carbonyl (C=O) groups is 1. The highest BCUT2D eigenvalue weighted by molar-refractivity contribution is 5.60. The van der Waals surface area contributed by atoms with Crippen LogP contribution in [0.1, 0.15) is 33.6 Å². The van der Waals surface area contributed by atoms with Crippen molar-refractivity contribution in [2.24, 2.45) is 0 Å². The van der Waals surface area contributed by atoms with E-state index in [1.807, 2.05) is 0 Å². The van der Waals surface area contributed by atoms with E-state index in [9.17, 15) is 15.1 Å². The van der Waals surface area contributed by atoms with Crippen molar-refractivity contribution in [1.29, 1.82) is 0 Å². The van der Waals surface area contributed by atoms with Crippen LogP contribution in [0.3, 0.4) is 0 Å². The number of nitrogens with zero attached hydrogens (tertiary/aromatic N) is 1. The van der Waals surface area contributed by atoms with Gasteiger partial charge in [-0.25, -0.2) is 0 Å². The van der Waals surface area contributed by atoms with E-state index in [0.717, 1.165) is 0 Å². The lowest BCUT2D eigenvalue weighted by Gasteiger charge is -2.43. The molecule has 1 aliphatic rings. The fraction of sp³-hybridized carbons (Fsp3) is 0.900. The van der Waals surface area contributed by atoms with Crippen molar-refractivity contribution in [2.45, 2.75) is 45.3 Å². The highest BCUT2D eigenvalue weighted by atomic mass is 16.7. The normalized spacial score (nSPS) is 32.5. The lowest BCUT2D eigenvalue weighted by molar-refractivity contribution is -0.818. The molecule has 0 radical (unpaired) electrons. The van der Waals surface area contributed by atoms with Crippen molar-refractivity contribution < 1.29 is 19.3 Å². The molecule has 1 amide bonds. The van der Waals surface area contributed by atoms with Crippen molar-refractivity contribution in [1.82, 2.24) is 0 Å². The van der Waals surface area contributed by atoms with E-state index in [-0.39, 0.29) is 13.1 Å². The van der Waals surface area contributed by atoms with Crippen molar-refractivity contribution in [2.75, 3.05) is 13.1 Å². The third kappa shape index (κ3) is 3.44. The Morgan fingerprint density at radius 3 is 2.60 bits per heavy atom. The molecule has 5 heteroatoms. The fourth-order valence-corrected chi connectivity index (χ4v) is 1.62. The summed E-state index contributed by atoms with van der Waals surface area (Å²) >= 11 is 0. The fourth-order valence-electron chi connectivity index (χ4n) is 1.62. The summed E-state index contributed by atoms with van der Waals surface area (Å²) in [5.41, 5.74) is -0.658. The molecule has 0 aromatic heterocycles. The number of rotatable bonds is 0. The number of ether oxygens (including phenoxy) is 1. The van der Waals surface area contributed by atoms with Gasteiger partial charge in [0.2, 0.25) is 0 Å². The van der Waals surface area contributed by atoms with E-state index in [1.165, 1.54) is 0 Å². The van der Waals surface area contributed by atoms with Gasteiger partial charge in [0, 0.05) is 6.42 Å². The van der Waals surface area contributed by atoms with Gasteiger partial charge in [-0.1, -0.05) is 0 Å². The molecular weight excluding hydrogens is 198 g/mol. The minimum Gasteiger partial charge on any atom is -0.622 e. The van der Waals surface area contributed by atoms with E-state index < -0.39 is 22.4 Å². The molecule has 0 saturated carbocycles. The molecule has 1 aliphatic heterocycles. The summed E-state index contributed by atoms with van der Waals surface area (Å²) in [5, 5.41) is 21.4. The van der Waals surface area contributed by atoms with Crippen molar-refractivity contribution >= 4 is 6.09 Å². The molecule has 88 valence electrons. The van der Waals surface area contributed by atoms with Gasteiger partial charge < -0.3 is 15.1 Å². The second kappa shape index (κ2) is 4.08. The summed E-state index contributed by atoms with van der Waals surface area (Å²) in [4.78, 5) is 11.6.